The van der Waals surface area contributed by atoms with Crippen LogP contribution in [0, 0.1) is 0 Å². The lowest BCUT2D eigenvalue weighted by Gasteiger charge is -2.35. The normalized spacial score (nSPS) is 19.9. The van der Waals surface area contributed by atoms with Crippen LogP contribution in [-0.4, -0.2) is 48.7 Å². The van der Waals surface area contributed by atoms with Gasteiger partial charge in [0.1, 0.15) is 29.4 Å². The summed E-state index contributed by atoms with van der Waals surface area (Å²) in [6, 6.07) is 7.11. The van der Waals surface area contributed by atoms with Crippen LogP contribution in [0.25, 0.3) is 0 Å². The van der Waals surface area contributed by atoms with Gasteiger partial charge in [-0.25, -0.2) is 4.79 Å². The Hall–Kier alpha value is -1.95. The molecule has 6 nitrogen and oxygen atoms in total. The van der Waals surface area contributed by atoms with Crippen molar-refractivity contribution >= 4 is 6.09 Å². The van der Waals surface area contributed by atoms with E-state index in [9.17, 15) is 4.79 Å². The Morgan fingerprint density at radius 3 is 2.38 bits per heavy atom. The minimum atomic E-state index is -0.726. The first-order chi connectivity index (χ1) is 11.1. The maximum absolute atomic E-state index is 12.5. The summed E-state index contributed by atoms with van der Waals surface area (Å²) in [6.45, 7) is 9.97. The van der Waals surface area contributed by atoms with Crippen LogP contribution in [0.4, 0.5) is 4.79 Å². The minimum Gasteiger partial charge on any atom is -0.497 e. The fourth-order valence-corrected chi connectivity index (χ4v) is 2.55. The first-order valence-electron chi connectivity index (χ1n) is 8.05. The van der Waals surface area contributed by atoms with Crippen LogP contribution in [0.5, 0.6) is 11.5 Å². The largest absolute Gasteiger partial charge is 0.497 e. The Kier molecular flexibility index (Phi) is 5.28. The summed E-state index contributed by atoms with van der Waals surface area (Å²) in [5.41, 5.74) is -1.28. The highest BCUT2D eigenvalue weighted by molar-refractivity contribution is 5.69. The van der Waals surface area contributed by atoms with Gasteiger partial charge in [0.05, 0.1) is 19.8 Å². The van der Waals surface area contributed by atoms with E-state index in [0.717, 1.165) is 5.75 Å². The molecule has 1 atom stereocenters. The second kappa shape index (κ2) is 6.89. The van der Waals surface area contributed by atoms with Crippen molar-refractivity contribution in [3.05, 3.63) is 24.3 Å². The van der Waals surface area contributed by atoms with Gasteiger partial charge < -0.3 is 18.9 Å². The summed E-state index contributed by atoms with van der Waals surface area (Å²) in [5.74, 6) is 1.48. The zero-order valence-electron chi connectivity index (χ0n) is 15.3. The van der Waals surface area contributed by atoms with Crippen LogP contribution >= 0.6 is 0 Å². The molecule has 0 N–H and O–H groups in total. The highest BCUT2D eigenvalue weighted by Crippen LogP contribution is 2.30. The van der Waals surface area contributed by atoms with Crippen molar-refractivity contribution in [3.8, 4) is 11.5 Å². The number of hydrogen-bond acceptors (Lipinski definition) is 5. The fraction of sp³-hybridized carbons (Fsp3) is 0.611. The molecule has 1 aliphatic rings. The van der Waals surface area contributed by atoms with Crippen LogP contribution in [0.15, 0.2) is 24.3 Å². The molecule has 134 valence electrons. The highest BCUT2D eigenvalue weighted by Gasteiger charge is 2.46. The second-order valence-electron chi connectivity index (χ2n) is 7.25. The summed E-state index contributed by atoms with van der Waals surface area (Å²) < 4.78 is 22.2. The van der Waals surface area contributed by atoms with Crippen LogP contribution in [0.2, 0.25) is 0 Å². The summed E-state index contributed by atoms with van der Waals surface area (Å²) in [5, 5.41) is 0. The predicted molar refractivity (Wildman–Crippen MR) is 90.4 cm³/mol. The van der Waals surface area contributed by atoms with Gasteiger partial charge >= 0.3 is 6.09 Å². The molecule has 0 spiro atoms. The number of nitrogens with zero attached hydrogens (tertiary/aromatic N) is 1. The van der Waals surface area contributed by atoms with Gasteiger partial charge in [-0.15, -0.1) is 0 Å². The van der Waals surface area contributed by atoms with Gasteiger partial charge in [0.2, 0.25) is 0 Å². The SMILES string of the molecule is COc1ccc(OC[C@H]2COC(C)(C)N2C(=O)OC(C)(C)C)cc1. The quantitative estimate of drug-likeness (QED) is 0.842. The van der Waals surface area contributed by atoms with E-state index in [0.29, 0.717) is 19.0 Å². The van der Waals surface area contributed by atoms with Gasteiger partial charge in [-0.3, -0.25) is 4.90 Å². The van der Waals surface area contributed by atoms with E-state index in [1.807, 2.05) is 58.9 Å². The Bertz CT molecular complexity index is 562. The fourth-order valence-electron chi connectivity index (χ4n) is 2.55. The third-order valence-corrected chi connectivity index (χ3v) is 3.67. The number of hydrogen-bond donors (Lipinski definition) is 0. The Balaban J connectivity index is 2.03. The van der Waals surface area contributed by atoms with Crippen LogP contribution < -0.4 is 9.47 Å². The molecule has 1 aromatic carbocycles. The van der Waals surface area contributed by atoms with Crippen molar-refractivity contribution in [1.82, 2.24) is 4.90 Å². The summed E-state index contributed by atoms with van der Waals surface area (Å²) >= 11 is 0. The molecule has 1 fully saturated rings. The number of amides is 1. The first kappa shape index (κ1) is 18.4. The summed E-state index contributed by atoms with van der Waals surface area (Å²) in [4.78, 5) is 14.1. The molecule has 1 saturated heterocycles. The van der Waals surface area contributed by atoms with E-state index >= 15 is 0 Å². The standard InChI is InChI=1S/C18H27NO5/c1-17(2,3)24-16(20)19-13(12-23-18(19,4)5)11-22-15-9-7-14(21-6)8-10-15/h7-10,13H,11-12H2,1-6H3/t13-/m0/s1. The molecular formula is C18H27NO5. The highest BCUT2D eigenvalue weighted by atomic mass is 16.6. The van der Waals surface area contributed by atoms with E-state index < -0.39 is 17.4 Å². The average molecular weight is 337 g/mol. The van der Waals surface area contributed by atoms with Gasteiger partial charge in [-0.1, -0.05) is 0 Å². The van der Waals surface area contributed by atoms with Crippen molar-refractivity contribution < 1.29 is 23.7 Å². The Morgan fingerprint density at radius 1 is 1.25 bits per heavy atom. The molecule has 1 amide bonds. The van der Waals surface area contributed by atoms with E-state index in [-0.39, 0.29) is 6.04 Å². The van der Waals surface area contributed by atoms with E-state index in [4.69, 9.17) is 18.9 Å². The number of rotatable bonds is 4. The van der Waals surface area contributed by atoms with Gasteiger partial charge in [-0.2, -0.15) is 0 Å². The molecule has 6 heteroatoms. The Labute approximate surface area is 143 Å². The number of carbonyl (C=O) groups is 1. The van der Waals surface area contributed by atoms with E-state index in [1.54, 1.807) is 12.0 Å². The van der Waals surface area contributed by atoms with Gasteiger partial charge in [0.25, 0.3) is 0 Å². The topological polar surface area (TPSA) is 57.2 Å². The van der Waals surface area contributed by atoms with Gasteiger partial charge in [-0.05, 0) is 58.9 Å². The zero-order valence-corrected chi connectivity index (χ0v) is 15.3. The van der Waals surface area contributed by atoms with Gasteiger partial charge in [0.15, 0.2) is 0 Å². The van der Waals surface area contributed by atoms with Crippen molar-refractivity contribution in [3.63, 3.8) is 0 Å². The first-order valence-corrected chi connectivity index (χ1v) is 8.05. The monoisotopic (exact) mass is 337 g/mol. The maximum atomic E-state index is 12.5. The molecule has 24 heavy (non-hydrogen) atoms. The van der Waals surface area contributed by atoms with Crippen molar-refractivity contribution in [2.45, 2.75) is 52.0 Å². The molecule has 1 aliphatic heterocycles. The number of benzene rings is 1. The lowest BCUT2D eigenvalue weighted by molar-refractivity contribution is -0.0637. The molecule has 0 radical (unpaired) electrons. The molecule has 0 saturated carbocycles. The third-order valence-electron chi connectivity index (χ3n) is 3.67. The predicted octanol–water partition coefficient (Wildman–Crippen LogP) is 3.45. The minimum absolute atomic E-state index is 0.211. The number of carbonyl (C=O) groups excluding carboxylic acids is 1. The molecule has 0 unspecified atom stereocenters. The molecule has 2 rings (SSSR count). The number of methoxy groups -OCH3 is 1. The molecular weight excluding hydrogens is 310 g/mol. The Morgan fingerprint density at radius 2 is 1.83 bits per heavy atom. The second-order valence-corrected chi connectivity index (χ2v) is 7.25. The molecule has 0 aromatic heterocycles. The summed E-state index contributed by atoms with van der Waals surface area (Å²) in [7, 11) is 1.62. The van der Waals surface area contributed by atoms with Crippen LogP contribution in [-0.2, 0) is 9.47 Å². The van der Waals surface area contributed by atoms with Crippen LogP contribution in [0.3, 0.4) is 0 Å². The maximum Gasteiger partial charge on any atom is 0.413 e. The lowest BCUT2D eigenvalue weighted by Crippen LogP contribution is -2.51. The van der Waals surface area contributed by atoms with Gasteiger partial charge in [0, 0.05) is 0 Å². The lowest BCUT2D eigenvalue weighted by atomic mass is 10.2. The van der Waals surface area contributed by atoms with Crippen molar-refractivity contribution in [2.24, 2.45) is 0 Å². The molecule has 1 aromatic rings. The molecule has 1 heterocycles. The average Bonchev–Trinajstić information content (AvgIpc) is 2.78. The smallest absolute Gasteiger partial charge is 0.413 e. The van der Waals surface area contributed by atoms with Crippen molar-refractivity contribution in [1.29, 1.82) is 0 Å². The van der Waals surface area contributed by atoms with E-state index in [2.05, 4.69) is 0 Å². The van der Waals surface area contributed by atoms with Crippen LogP contribution in [0.1, 0.15) is 34.6 Å². The molecule has 0 bridgehead atoms. The third kappa shape index (κ3) is 4.54. The van der Waals surface area contributed by atoms with Crippen molar-refractivity contribution in [2.75, 3.05) is 20.3 Å². The molecule has 0 aliphatic carbocycles. The summed E-state index contributed by atoms with van der Waals surface area (Å²) in [6.07, 6.45) is -0.395. The number of ether oxygens (including phenoxy) is 4. The van der Waals surface area contributed by atoms with E-state index in [1.165, 1.54) is 0 Å². The zero-order chi connectivity index (χ0) is 18.0.